The van der Waals surface area contributed by atoms with E-state index < -0.39 is 0 Å². The van der Waals surface area contributed by atoms with Crippen molar-refractivity contribution < 1.29 is 0 Å². The number of benzene rings is 1. The Bertz CT molecular complexity index is 931. The average Bonchev–Trinajstić information content (AvgIpc) is 2.82. The highest BCUT2D eigenvalue weighted by molar-refractivity contribution is 5.74. The van der Waals surface area contributed by atoms with Gasteiger partial charge in [0.15, 0.2) is 11.2 Å². The number of aromatic nitrogens is 4. The topological polar surface area (TPSA) is 60.7 Å². The summed E-state index contributed by atoms with van der Waals surface area (Å²) in [6.45, 7) is 2.63. The Morgan fingerprint density at radius 3 is 2.65 bits per heavy atom. The van der Waals surface area contributed by atoms with Crippen molar-refractivity contribution in [3.8, 4) is 11.3 Å². The van der Waals surface area contributed by atoms with E-state index in [-0.39, 0.29) is 5.56 Å². The highest BCUT2D eigenvalue weighted by Crippen LogP contribution is 2.21. The van der Waals surface area contributed by atoms with E-state index in [0.717, 1.165) is 55.0 Å². The summed E-state index contributed by atoms with van der Waals surface area (Å²) in [4.78, 5) is 26.6. The van der Waals surface area contributed by atoms with Crippen LogP contribution in [0.5, 0.6) is 0 Å². The second kappa shape index (κ2) is 5.57. The second-order valence-corrected chi connectivity index (χ2v) is 5.99. The zero-order valence-electron chi connectivity index (χ0n) is 13.1. The van der Waals surface area contributed by atoms with Crippen molar-refractivity contribution in [2.24, 2.45) is 0 Å². The van der Waals surface area contributed by atoms with E-state index in [0.29, 0.717) is 11.2 Å². The Kier molecular flexibility index (Phi) is 3.41. The fourth-order valence-electron chi connectivity index (χ4n) is 3.18. The molecule has 23 heavy (non-hydrogen) atoms. The highest BCUT2D eigenvalue weighted by atomic mass is 16.1. The molecule has 0 radical (unpaired) electrons. The number of hydrogen-bond acceptors (Lipinski definition) is 4. The molecule has 116 valence electrons. The minimum absolute atomic E-state index is 0.0536. The van der Waals surface area contributed by atoms with Crippen LogP contribution in [0.2, 0.25) is 0 Å². The van der Waals surface area contributed by atoms with E-state index in [4.69, 9.17) is 0 Å². The molecule has 5 nitrogen and oxygen atoms in total. The molecule has 0 fully saturated rings. The lowest BCUT2D eigenvalue weighted by Gasteiger charge is -2.11. The third kappa shape index (κ3) is 2.42. The highest BCUT2D eigenvalue weighted by Gasteiger charge is 2.17. The predicted octanol–water partition coefficient (Wildman–Crippen LogP) is 2.89. The molecule has 5 heteroatoms. The standard InChI is InChI=1S/C18H18N4O/c1-12-15(13-8-4-2-5-9-13)21-17-16(19-12)18(23)22-11-7-3-6-10-14(22)20-17/h2,4-5,8-9H,3,6-7,10-11H2,1H3. The Labute approximate surface area is 134 Å². The number of hydrogen-bond donors (Lipinski definition) is 0. The fraction of sp³-hybridized carbons (Fsp3) is 0.333. The van der Waals surface area contributed by atoms with Gasteiger partial charge in [-0.1, -0.05) is 36.8 Å². The van der Waals surface area contributed by atoms with Crippen LogP contribution in [0.1, 0.15) is 30.8 Å². The zero-order valence-corrected chi connectivity index (χ0v) is 13.1. The zero-order chi connectivity index (χ0) is 15.8. The molecule has 0 aliphatic carbocycles. The molecule has 1 aliphatic rings. The molecule has 1 aromatic carbocycles. The van der Waals surface area contributed by atoms with Crippen LogP contribution in [0.25, 0.3) is 22.4 Å². The van der Waals surface area contributed by atoms with Crippen LogP contribution in [-0.4, -0.2) is 19.5 Å². The first-order valence-electron chi connectivity index (χ1n) is 8.07. The molecular formula is C18H18N4O. The van der Waals surface area contributed by atoms with Crippen LogP contribution in [0.4, 0.5) is 0 Å². The molecule has 4 rings (SSSR count). The first-order valence-corrected chi connectivity index (χ1v) is 8.07. The van der Waals surface area contributed by atoms with Crippen molar-refractivity contribution >= 4 is 11.2 Å². The molecule has 1 aliphatic heterocycles. The van der Waals surface area contributed by atoms with Gasteiger partial charge in [-0.15, -0.1) is 0 Å². The summed E-state index contributed by atoms with van der Waals surface area (Å²) in [5.41, 5.74) is 3.35. The summed E-state index contributed by atoms with van der Waals surface area (Å²) >= 11 is 0. The minimum atomic E-state index is -0.0536. The maximum Gasteiger partial charge on any atom is 0.281 e. The van der Waals surface area contributed by atoms with E-state index in [1.807, 2.05) is 37.3 Å². The van der Waals surface area contributed by atoms with Crippen LogP contribution in [0.15, 0.2) is 35.1 Å². The molecule has 0 N–H and O–H groups in total. The number of rotatable bonds is 1. The van der Waals surface area contributed by atoms with Gasteiger partial charge in [0.2, 0.25) is 0 Å². The minimum Gasteiger partial charge on any atom is -0.295 e. The predicted molar refractivity (Wildman–Crippen MR) is 89.3 cm³/mol. The van der Waals surface area contributed by atoms with E-state index >= 15 is 0 Å². The monoisotopic (exact) mass is 306 g/mol. The molecule has 0 bridgehead atoms. The molecule has 0 unspecified atom stereocenters. The first-order chi connectivity index (χ1) is 11.2. The smallest absolute Gasteiger partial charge is 0.281 e. The fourth-order valence-corrected chi connectivity index (χ4v) is 3.18. The number of fused-ring (bicyclic) bond motifs is 2. The van der Waals surface area contributed by atoms with E-state index in [9.17, 15) is 4.79 Å². The molecule has 0 saturated carbocycles. The van der Waals surface area contributed by atoms with Crippen molar-refractivity contribution in [2.45, 2.75) is 39.2 Å². The van der Waals surface area contributed by atoms with Crippen LogP contribution in [-0.2, 0) is 13.0 Å². The SMILES string of the molecule is Cc1nc2c(=O)n3c(nc2nc1-c1ccccc1)CCCCC3. The summed E-state index contributed by atoms with van der Waals surface area (Å²) in [5.74, 6) is 0.845. The quantitative estimate of drug-likeness (QED) is 0.693. The van der Waals surface area contributed by atoms with Gasteiger partial charge in [-0.3, -0.25) is 9.36 Å². The van der Waals surface area contributed by atoms with Gasteiger partial charge in [0.25, 0.3) is 5.56 Å². The van der Waals surface area contributed by atoms with Crippen LogP contribution in [0.3, 0.4) is 0 Å². The lowest BCUT2D eigenvalue weighted by molar-refractivity contribution is 0.612. The largest absolute Gasteiger partial charge is 0.295 e. The van der Waals surface area contributed by atoms with E-state index in [1.54, 1.807) is 4.57 Å². The molecule has 0 saturated heterocycles. The summed E-state index contributed by atoms with van der Waals surface area (Å²) in [7, 11) is 0. The molecule has 0 amide bonds. The van der Waals surface area contributed by atoms with Gasteiger partial charge in [0, 0.05) is 18.5 Å². The Morgan fingerprint density at radius 2 is 1.83 bits per heavy atom. The van der Waals surface area contributed by atoms with Gasteiger partial charge in [0.05, 0.1) is 11.4 Å². The maximum atomic E-state index is 12.7. The van der Waals surface area contributed by atoms with Crippen molar-refractivity contribution in [1.82, 2.24) is 19.5 Å². The van der Waals surface area contributed by atoms with Crippen molar-refractivity contribution in [3.63, 3.8) is 0 Å². The molecule has 2 aromatic heterocycles. The summed E-state index contributed by atoms with van der Waals surface area (Å²) in [5, 5.41) is 0. The third-order valence-corrected chi connectivity index (χ3v) is 4.38. The Balaban J connectivity index is 1.97. The van der Waals surface area contributed by atoms with Crippen molar-refractivity contribution in [3.05, 3.63) is 52.2 Å². The average molecular weight is 306 g/mol. The van der Waals surface area contributed by atoms with Crippen LogP contribution in [0, 0.1) is 6.92 Å². The summed E-state index contributed by atoms with van der Waals surface area (Å²) in [6, 6.07) is 9.91. The molecule has 0 spiro atoms. The lowest BCUT2D eigenvalue weighted by atomic mass is 10.1. The van der Waals surface area contributed by atoms with Crippen LogP contribution < -0.4 is 5.56 Å². The van der Waals surface area contributed by atoms with E-state index in [2.05, 4.69) is 15.0 Å². The summed E-state index contributed by atoms with van der Waals surface area (Å²) < 4.78 is 1.78. The van der Waals surface area contributed by atoms with Gasteiger partial charge in [0.1, 0.15) is 5.82 Å². The van der Waals surface area contributed by atoms with Gasteiger partial charge in [-0.05, 0) is 19.8 Å². The molecule has 3 aromatic rings. The Hall–Kier alpha value is -2.56. The second-order valence-electron chi connectivity index (χ2n) is 5.99. The van der Waals surface area contributed by atoms with Crippen molar-refractivity contribution in [2.75, 3.05) is 0 Å². The normalized spacial score (nSPS) is 14.5. The van der Waals surface area contributed by atoms with Crippen molar-refractivity contribution in [1.29, 1.82) is 0 Å². The van der Waals surface area contributed by atoms with Gasteiger partial charge >= 0.3 is 0 Å². The maximum absolute atomic E-state index is 12.7. The van der Waals surface area contributed by atoms with Crippen LogP contribution >= 0.6 is 0 Å². The number of nitrogens with zero attached hydrogens (tertiary/aromatic N) is 4. The van der Waals surface area contributed by atoms with Gasteiger partial charge in [-0.25, -0.2) is 15.0 Å². The molecule has 0 atom stereocenters. The molecular weight excluding hydrogens is 288 g/mol. The van der Waals surface area contributed by atoms with Gasteiger partial charge < -0.3 is 0 Å². The van der Waals surface area contributed by atoms with E-state index in [1.165, 1.54) is 0 Å². The number of aryl methyl sites for hydroxylation is 2. The Morgan fingerprint density at radius 1 is 1.00 bits per heavy atom. The van der Waals surface area contributed by atoms with Gasteiger partial charge in [-0.2, -0.15) is 0 Å². The third-order valence-electron chi connectivity index (χ3n) is 4.38. The summed E-state index contributed by atoms with van der Waals surface area (Å²) in [6.07, 6.45) is 4.06. The molecule has 3 heterocycles. The lowest BCUT2D eigenvalue weighted by Crippen LogP contribution is -2.26. The first kappa shape index (κ1) is 14.1.